The lowest BCUT2D eigenvalue weighted by Gasteiger charge is -2.32. The molecule has 0 saturated carbocycles. The Morgan fingerprint density at radius 3 is 1.69 bits per heavy atom. The molecule has 0 radical (unpaired) electrons. The minimum atomic E-state index is -1.01. The number of para-hydroxylation sites is 1. The van der Waals surface area contributed by atoms with Gasteiger partial charge in [-0.25, -0.2) is 0 Å². The van der Waals surface area contributed by atoms with E-state index in [0.717, 1.165) is 29.7 Å². The molecule has 182 valence electrons. The first-order valence-electron chi connectivity index (χ1n) is 13.0. The van der Waals surface area contributed by atoms with Crippen molar-refractivity contribution in [2.24, 2.45) is 5.41 Å². The van der Waals surface area contributed by atoms with Crippen LogP contribution >= 0.6 is 0 Å². The number of hydrogen-bond acceptors (Lipinski definition) is 2. The van der Waals surface area contributed by atoms with Gasteiger partial charge >= 0.3 is 0 Å². The highest BCUT2D eigenvalue weighted by Crippen LogP contribution is 2.37. The van der Waals surface area contributed by atoms with Crippen LogP contribution in [0.25, 0.3) is 0 Å². The summed E-state index contributed by atoms with van der Waals surface area (Å²) in [5, 5.41) is 0. The molecule has 0 saturated heterocycles. The molecule has 0 N–H and O–H groups in total. The molecule has 3 heteroatoms. The van der Waals surface area contributed by atoms with E-state index < -0.39 is 5.41 Å². The molecule has 0 aliphatic heterocycles. The zero-order valence-electron chi connectivity index (χ0n) is 22.2. The van der Waals surface area contributed by atoms with Crippen LogP contribution in [0.3, 0.4) is 0 Å². The van der Waals surface area contributed by atoms with Crippen molar-refractivity contribution < 1.29 is 9.59 Å². The second-order valence-electron chi connectivity index (χ2n) is 10.6. The van der Waals surface area contributed by atoms with E-state index in [2.05, 4.69) is 52.8 Å². The van der Waals surface area contributed by atoms with Gasteiger partial charge in [0.1, 0.15) is 11.2 Å². The van der Waals surface area contributed by atoms with Crippen molar-refractivity contribution in [3.63, 3.8) is 0 Å². The average Bonchev–Trinajstić information content (AvgIpc) is 2.75. The van der Waals surface area contributed by atoms with E-state index in [1.165, 1.54) is 44.9 Å². The standard InChI is InChI=1S/C29H49NO2/c1-9-10-11-12-13-14-15-16-17-21-26(31)29(6,7)28(32)30(8)27-24(22(2)3)19-18-20-25(27)23(4)5/h18-20,22-23H,9-17,21H2,1-8H3. The van der Waals surface area contributed by atoms with E-state index in [4.69, 9.17) is 0 Å². The summed E-state index contributed by atoms with van der Waals surface area (Å²) in [4.78, 5) is 28.3. The van der Waals surface area contributed by atoms with Gasteiger partial charge in [-0.1, -0.05) is 104 Å². The Hall–Kier alpha value is -1.64. The van der Waals surface area contributed by atoms with Crippen molar-refractivity contribution >= 4 is 17.4 Å². The summed E-state index contributed by atoms with van der Waals surface area (Å²) < 4.78 is 0. The molecule has 0 aliphatic rings. The fourth-order valence-corrected chi connectivity index (χ4v) is 4.45. The normalized spacial score (nSPS) is 11.9. The van der Waals surface area contributed by atoms with Crippen molar-refractivity contribution in [1.29, 1.82) is 0 Å². The summed E-state index contributed by atoms with van der Waals surface area (Å²) >= 11 is 0. The molecule has 0 aromatic heterocycles. The van der Waals surface area contributed by atoms with E-state index in [1.54, 1.807) is 18.7 Å². The van der Waals surface area contributed by atoms with Crippen LogP contribution in [0.2, 0.25) is 0 Å². The summed E-state index contributed by atoms with van der Waals surface area (Å²) in [5.41, 5.74) is 2.29. The molecule has 0 unspecified atom stereocenters. The monoisotopic (exact) mass is 443 g/mol. The maximum absolute atomic E-state index is 13.5. The first-order valence-corrected chi connectivity index (χ1v) is 13.0. The van der Waals surface area contributed by atoms with E-state index in [0.29, 0.717) is 18.3 Å². The predicted octanol–water partition coefficient (Wildman–Crippen LogP) is 8.41. The van der Waals surface area contributed by atoms with Gasteiger partial charge in [0.05, 0.1) is 5.69 Å². The first-order chi connectivity index (χ1) is 15.1. The Labute approximate surface area is 198 Å². The van der Waals surface area contributed by atoms with Gasteiger partial charge in [0.15, 0.2) is 0 Å². The van der Waals surface area contributed by atoms with Crippen LogP contribution in [0.15, 0.2) is 18.2 Å². The molecule has 0 bridgehead atoms. The van der Waals surface area contributed by atoms with E-state index in [9.17, 15) is 9.59 Å². The maximum atomic E-state index is 13.5. The highest BCUT2D eigenvalue weighted by atomic mass is 16.2. The zero-order valence-corrected chi connectivity index (χ0v) is 22.2. The van der Waals surface area contributed by atoms with Crippen molar-refractivity contribution in [2.75, 3.05) is 11.9 Å². The van der Waals surface area contributed by atoms with Crippen LogP contribution < -0.4 is 4.90 Å². The number of anilines is 1. The lowest BCUT2D eigenvalue weighted by atomic mass is 9.83. The van der Waals surface area contributed by atoms with Gasteiger partial charge in [0, 0.05) is 13.5 Å². The largest absolute Gasteiger partial charge is 0.314 e. The van der Waals surface area contributed by atoms with Gasteiger partial charge < -0.3 is 4.90 Å². The van der Waals surface area contributed by atoms with Crippen molar-refractivity contribution in [3.8, 4) is 0 Å². The van der Waals surface area contributed by atoms with Crippen molar-refractivity contribution in [3.05, 3.63) is 29.3 Å². The molecule has 1 rings (SSSR count). The van der Waals surface area contributed by atoms with Gasteiger partial charge in [0.2, 0.25) is 5.91 Å². The third kappa shape index (κ3) is 8.05. The Bertz CT molecular complexity index is 692. The average molecular weight is 444 g/mol. The molecular formula is C29H49NO2. The van der Waals surface area contributed by atoms with Crippen LogP contribution in [-0.2, 0) is 9.59 Å². The number of hydrogen-bond donors (Lipinski definition) is 0. The SMILES string of the molecule is CCCCCCCCCCCC(=O)C(C)(C)C(=O)N(C)c1c(C(C)C)cccc1C(C)C. The first kappa shape index (κ1) is 28.4. The Morgan fingerprint density at radius 1 is 0.812 bits per heavy atom. The van der Waals surface area contributed by atoms with E-state index in [-0.39, 0.29) is 11.7 Å². The second-order valence-corrected chi connectivity index (χ2v) is 10.6. The Balaban J connectivity index is 2.74. The molecule has 0 spiro atoms. The summed E-state index contributed by atoms with van der Waals surface area (Å²) in [6.07, 6.45) is 11.5. The highest BCUT2D eigenvalue weighted by molar-refractivity contribution is 6.12. The minimum Gasteiger partial charge on any atom is -0.314 e. The number of benzene rings is 1. The third-order valence-corrected chi connectivity index (χ3v) is 6.72. The molecule has 0 atom stereocenters. The number of amides is 1. The molecular weight excluding hydrogens is 394 g/mol. The maximum Gasteiger partial charge on any atom is 0.239 e. The molecule has 1 amide bonds. The van der Waals surface area contributed by atoms with E-state index >= 15 is 0 Å². The molecule has 1 aromatic carbocycles. The Kier molecular flexibility index (Phi) is 12.2. The molecule has 0 heterocycles. The minimum absolute atomic E-state index is 0.0606. The van der Waals surface area contributed by atoms with Crippen LogP contribution in [0, 0.1) is 5.41 Å². The number of carbonyl (C=O) groups is 2. The summed E-state index contributed by atoms with van der Waals surface area (Å²) in [6, 6.07) is 6.28. The summed E-state index contributed by atoms with van der Waals surface area (Å²) in [7, 11) is 1.84. The number of unbranched alkanes of at least 4 members (excludes halogenated alkanes) is 8. The molecule has 0 aliphatic carbocycles. The van der Waals surface area contributed by atoms with Gasteiger partial charge in [-0.15, -0.1) is 0 Å². The number of Topliss-reactive ketones (excluding diaryl/α,β-unsaturated/α-hetero) is 1. The van der Waals surface area contributed by atoms with Crippen molar-refractivity contribution in [2.45, 2.75) is 125 Å². The fraction of sp³-hybridized carbons (Fsp3) is 0.724. The summed E-state index contributed by atoms with van der Waals surface area (Å²) in [6.45, 7) is 14.5. The third-order valence-electron chi connectivity index (χ3n) is 6.72. The van der Waals surface area contributed by atoms with Gasteiger partial charge in [-0.05, 0) is 43.2 Å². The quantitative estimate of drug-likeness (QED) is 0.201. The topological polar surface area (TPSA) is 37.4 Å². The second kappa shape index (κ2) is 13.8. The highest BCUT2D eigenvalue weighted by Gasteiger charge is 2.38. The number of nitrogens with zero attached hydrogens (tertiary/aromatic N) is 1. The number of ketones is 1. The van der Waals surface area contributed by atoms with Crippen LogP contribution in [0.5, 0.6) is 0 Å². The molecule has 0 fully saturated rings. The molecule has 1 aromatic rings. The van der Waals surface area contributed by atoms with Crippen molar-refractivity contribution in [1.82, 2.24) is 0 Å². The van der Waals surface area contributed by atoms with Crippen LogP contribution in [0.1, 0.15) is 136 Å². The van der Waals surface area contributed by atoms with Gasteiger partial charge in [-0.2, -0.15) is 0 Å². The smallest absolute Gasteiger partial charge is 0.239 e. The zero-order chi connectivity index (χ0) is 24.3. The van der Waals surface area contributed by atoms with Crippen LogP contribution in [0.4, 0.5) is 5.69 Å². The number of carbonyl (C=O) groups excluding carboxylic acids is 2. The van der Waals surface area contributed by atoms with Gasteiger partial charge in [0.25, 0.3) is 0 Å². The van der Waals surface area contributed by atoms with Crippen LogP contribution in [-0.4, -0.2) is 18.7 Å². The fourth-order valence-electron chi connectivity index (χ4n) is 4.45. The lowest BCUT2D eigenvalue weighted by Crippen LogP contribution is -2.44. The number of rotatable bonds is 15. The van der Waals surface area contributed by atoms with Gasteiger partial charge in [-0.3, -0.25) is 9.59 Å². The lowest BCUT2D eigenvalue weighted by molar-refractivity contribution is -0.138. The Morgan fingerprint density at radius 2 is 1.25 bits per heavy atom. The summed E-state index contributed by atoms with van der Waals surface area (Å²) in [5.74, 6) is 0.568. The molecule has 32 heavy (non-hydrogen) atoms. The van der Waals surface area contributed by atoms with E-state index in [1.807, 2.05) is 7.05 Å². The predicted molar refractivity (Wildman–Crippen MR) is 139 cm³/mol. The molecule has 3 nitrogen and oxygen atoms in total.